The zero-order valence-electron chi connectivity index (χ0n) is 21.6. The second-order valence-electron chi connectivity index (χ2n) is 10.4. The maximum absolute atomic E-state index is 13.9. The highest BCUT2D eigenvalue weighted by molar-refractivity contribution is 6.04. The Morgan fingerprint density at radius 2 is 2.10 bits per heavy atom. The van der Waals surface area contributed by atoms with Crippen molar-refractivity contribution in [3.05, 3.63) is 78.3 Å². The van der Waals surface area contributed by atoms with Crippen molar-refractivity contribution in [2.24, 2.45) is 0 Å². The number of nitriles is 1. The Balaban J connectivity index is 1.45. The van der Waals surface area contributed by atoms with E-state index in [1.165, 1.54) is 11.6 Å². The van der Waals surface area contributed by atoms with E-state index in [-0.39, 0.29) is 24.3 Å². The molecule has 6 rings (SSSR count). The first-order valence-electron chi connectivity index (χ1n) is 13.3. The average Bonchev–Trinajstić information content (AvgIpc) is 2.98. The summed E-state index contributed by atoms with van der Waals surface area (Å²) in [6, 6.07) is 13.9. The van der Waals surface area contributed by atoms with Crippen LogP contribution in [-0.2, 0) is 27.8 Å². The predicted molar refractivity (Wildman–Crippen MR) is 147 cm³/mol. The SMILES string of the molecule is C=CC(=O)N1CCN(c2nc(-c3cccnc3)nc3c2NC(=O)C2(CCCc4ccccc42)C3)CC1CC#N. The zero-order valence-corrected chi connectivity index (χ0v) is 21.6. The number of nitrogens with one attached hydrogen (secondary N) is 1. The van der Waals surface area contributed by atoms with E-state index in [4.69, 9.17) is 9.97 Å². The van der Waals surface area contributed by atoms with Gasteiger partial charge in [-0.3, -0.25) is 14.6 Å². The number of aryl methyl sites for hydroxylation is 1. The monoisotopic (exact) mass is 519 g/mol. The van der Waals surface area contributed by atoms with E-state index in [9.17, 15) is 14.9 Å². The molecule has 4 heterocycles. The van der Waals surface area contributed by atoms with Gasteiger partial charge in [-0.05, 0) is 48.6 Å². The highest BCUT2D eigenvalue weighted by Gasteiger charge is 2.48. The van der Waals surface area contributed by atoms with Crippen molar-refractivity contribution in [2.45, 2.75) is 43.6 Å². The van der Waals surface area contributed by atoms with Gasteiger partial charge in [-0.2, -0.15) is 5.26 Å². The first kappa shape index (κ1) is 24.7. The molecule has 196 valence electrons. The van der Waals surface area contributed by atoms with Gasteiger partial charge in [-0.1, -0.05) is 30.8 Å². The fourth-order valence-electron chi connectivity index (χ4n) is 6.28. The molecule has 2 amide bonds. The lowest BCUT2D eigenvalue weighted by Gasteiger charge is -2.44. The molecule has 1 aliphatic carbocycles. The van der Waals surface area contributed by atoms with Crippen LogP contribution < -0.4 is 10.2 Å². The molecule has 3 aromatic rings. The molecule has 1 aromatic carbocycles. The fourth-order valence-corrected chi connectivity index (χ4v) is 6.28. The van der Waals surface area contributed by atoms with Gasteiger partial charge >= 0.3 is 0 Å². The molecule has 1 N–H and O–H groups in total. The molecule has 9 heteroatoms. The lowest BCUT2D eigenvalue weighted by molar-refractivity contribution is -0.128. The van der Waals surface area contributed by atoms with Gasteiger partial charge in [-0.15, -0.1) is 0 Å². The predicted octanol–water partition coefficient (Wildman–Crippen LogP) is 3.42. The number of pyridine rings is 1. The van der Waals surface area contributed by atoms with Gasteiger partial charge in [-0.25, -0.2) is 9.97 Å². The number of aromatic nitrogens is 3. The topological polar surface area (TPSA) is 115 Å². The zero-order chi connectivity index (χ0) is 27.0. The van der Waals surface area contributed by atoms with Crippen LogP contribution in [0.5, 0.6) is 0 Å². The van der Waals surface area contributed by atoms with Crippen molar-refractivity contribution in [3.63, 3.8) is 0 Å². The third kappa shape index (κ3) is 4.22. The highest BCUT2D eigenvalue weighted by atomic mass is 16.2. The molecule has 1 fully saturated rings. The van der Waals surface area contributed by atoms with E-state index in [0.717, 1.165) is 36.1 Å². The number of fused-ring (bicyclic) bond motifs is 3. The number of amides is 2. The van der Waals surface area contributed by atoms with Gasteiger partial charge < -0.3 is 15.1 Å². The van der Waals surface area contributed by atoms with Gasteiger partial charge in [0.2, 0.25) is 11.8 Å². The van der Waals surface area contributed by atoms with Crippen LogP contribution in [0.2, 0.25) is 0 Å². The first-order chi connectivity index (χ1) is 19.0. The van der Waals surface area contributed by atoms with E-state index < -0.39 is 5.41 Å². The van der Waals surface area contributed by atoms with Crippen molar-refractivity contribution in [2.75, 3.05) is 29.9 Å². The van der Waals surface area contributed by atoms with Crippen LogP contribution >= 0.6 is 0 Å². The summed E-state index contributed by atoms with van der Waals surface area (Å²) < 4.78 is 0. The summed E-state index contributed by atoms with van der Waals surface area (Å²) in [5, 5.41) is 12.7. The number of hydrogen-bond donors (Lipinski definition) is 1. The van der Waals surface area contributed by atoms with E-state index in [2.05, 4.69) is 40.0 Å². The first-order valence-corrected chi connectivity index (χ1v) is 13.3. The smallest absolute Gasteiger partial charge is 0.246 e. The molecule has 9 nitrogen and oxygen atoms in total. The molecule has 0 bridgehead atoms. The average molecular weight is 520 g/mol. The number of benzene rings is 1. The summed E-state index contributed by atoms with van der Waals surface area (Å²) in [4.78, 5) is 44.3. The molecule has 1 saturated heterocycles. The summed E-state index contributed by atoms with van der Waals surface area (Å²) in [6.45, 7) is 4.95. The normalized spacial score (nSPS) is 21.9. The Morgan fingerprint density at radius 1 is 1.23 bits per heavy atom. The van der Waals surface area contributed by atoms with Crippen molar-refractivity contribution >= 4 is 23.3 Å². The third-order valence-corrected chi connectivity index (χ3v) is 8.18. The van der Waals surface area contributed by atoms with Crippen LogP contribution in [0.15, 0.2) is 61.4 Å². The lowest BCUT2D eigenvalue weighted by atomic mass is 9.65. The molecular formula is C30H29N7O2. The van der Waals surface area contributed by atoms with E-state index in [0.29, 0.717) is 43.4 Å². The Labute approximate surface area is 227 Å². The Morgan fingerprint density at radius 3 is 2.90 bits per heavy atom. The Bertz CT molecular complexity index is 1500. The van der Waals surface area contributed by atoms with Gasteiger partial charge in [0.1, 0.15) is 5.69 Å². The van der Waals surface area contributed by atoms with Crippen LogP contribution in [0.4, 0.5) is 11.5 Å². The summed E-state index contributed by atoms with van der Waals surface area (Å²) in [5.74, 6) is 0.922. The minimum Gasteiger partial charge on any atom is -0.351 e. The van der Waals surface area contributed by atoms with Crippen LogP contribution in [0.1, 0.15) is 36.1 Å². The standard InChI is InChI=1S/C30H29N7O2/c1-2-25(38)37-16-15-36(19-22(37)11-13-31)28-26-24(33-27(35-28)21-9-6-14-32-18-21)17-30(29(39)34-26)12-5-8-20-7-3-4-10-23(20)30/h2-4,6-7,9-10,14,18,22H,1,5,8,11-12,15-17,19H2,(H,34,39). The van der Waals surface area contributed by atoms with Crippen molar-refractivity contribution in [3.8, 4) is 17.5 Å². The quantitative estimate of drug-likeness (QED) is 0.525. The van der Waals surface area contributed by atoms with Crippen molar-refractivity contribution < 1.29 is 9.59 Å². The molecule has 1 spiro atoms. The largest absolute Gasteiger partial charge is 0.351 e. The maximum atomic E-state index is 13.9. The number of hydrogen-bond acceptors (Lipinski definition) is 7. The second kappa shape index (κ2) is 9.95. The van der Waals surface area contributed by atoms with Crippen LogP contribution in [0, 0.1) is 11.3 Å². The number of piperazine rings is 1. The number of carbonyl (C=O) groups is 2. The Kier molecular flexibility index (Phi) is 6.31. The molecule has 2 unspecified atom stereocenters. The second-order valence-corrected chi connectivity index (χ2v) is 10.4. The molecule has 2 atom stereocenters. The van der Waals surface area contributed by atoms with Crippen molar-refractivity contribution in [1.29, 1.82) is 5.26 Å². The van der Waals surface area contributed by atoms with E-state index in [1.54, 1.807) is 17.3 Å². The number of anilines is 2. The number of rotatable bonds is 4. The Hall–Kier alpha value is -4.58. The fraction of sp³-hybridized carbons (Fsp3) is 0.333. The molecule has 2 aliphatic heterocycles. The third-order valence-electron chi connectivity index (χ3n) is 8.18. The van der Waals surface area contributed by atoms with Crippen LogP contribution in [-0.4, -0.2) is 57.3 Å². The van der Waals surface area contributed by atoms with Crippen LogP contribution in [0.3, 0.4) is 0 Å². The number of nitrogens with zero attached hydrogens (tertiary/aromatic N) is 6. The minimum absolute atomic E-state index is 0.0322. The molecule has 2 aromatic heterocycles. The summed E-state index contributed by atoms with van der Waals surface area (Å²) >= 11 is 0. The van der Waals surface area contributed by atoms with Crippen molar-refractivity contribution in [1.82, 2.24) is 19.9 Å². The number of carbonyl (C=O) groups excluding carboxylic acids is 2. The lowest BCUT2D eigenvalue weighted by Crippen LogP contribution is -2.55. The van der Waals surface area contributed by atoms with Gasteiger partial charge in [0, 0.05) is 44.0 Å². The van der Waals surface area contributed by atoms with Gasteiger partial charge in [0.25, 0.3) is 0 Å². The molecular weight excluding hydrogens is 490 g/mol. The van der Waals surface area contributed by atoms with Gasteiger partial charge in [0.15, 0.2) is 11.6 Å². The molecule has 0 saturated carbocycles. The van der Waals surface area contributed by atoms with E-state index in [1.807, 2.05) is 24.3 Å². The van der Waals surface area contributed by atoms with E-state index >= 15 is 0 Å². The molecule has 39 heavy (non-hydrogen) atoms. The summed E-state index contributed by atoms with van der Waals surface area (Å²) in [7, 11) is 0. The molecule has 0 radical (unpaired) electrons. The molecule has 3 aliphatic rings. The summed E-state index contributed by atoms with van der Waals surface area (Å²) in [5.41, 5.74) is 3.79. The van der Waals surface area contributed by atoms with Crippen LogP contribution in [0.25, 0.3) is 11.4 Å². The van der Waals surface area contributed by atoms with Gasteiger partial charge in [0.05, 0.1) is 29.6 Å². The highest BCUT2D eigenvalue weighted by Crippen LogP contribution is 2.46. The summed E-state index contributed by atoms with van der Waals surface area (Å²) in [6.07, 6.45) is 8.04. The maximum Gasteiger partial charge on any atom is 0.246 e. The minimum atomic E-state index is -0.682.